The Bertz CT molecular complexity index is 413. The van der Waals surface area contributed by atoms with Crippen molar-refractivity contribution in [2.45, 2.75) is 38.5 Å². The van der Waals surface area contributed by atoms with Crippen LogP contribution in [-0.2, 0) is 0 Å². The Kier molecular flexibility index (Phi) is 3.61. The molecule has 0 aliphatic heterocycles. The molecule has 1 saturated carbocycles. The fourth-order valence-corrected chi connectivity index (χ4v) is 2.36. The molecule has 1 heterocycles. The topological polar surface area (TPSA) is 67.5 Å². The van der Waals surface area contributed by atoms with Gasteiger partial charge in [0.2, 0.25) is 5.76 Å². The van der Waals surface area contributed by atoms with E-state index in [-0.39, 0.29) is 17.3 Å². The van der Waals surface area contributed by atoms with Gasteiger partial charge in [0.05, 0.1) is 0 Å². The van der Waals surface area contributed by atoms with Gasteiger partial charge in [0.15, 0.2) is 11.5 Å². The third-order valence-corrected chi connectivity index (χ3v) is 3.29. The van der Waals surface area contributed by atoms with Gasteiger partial charge < -0.3 is 9.52 Å². The fraction of sp³-hybridized carbons (Fsp3) is 0.538. The third kappa shape index (κ3) is 2.96. The first-order valence-electron chi connectivity index (χ1n) is 6.03. The average molecular weight is 236 g/mol. The summed E-state index contributed by atoms with van der Waals surface area (Å²) in [6.07, 6.45) is 6.31. The van der Waals surface area contributed by atoms with Crippen molar-refractivity contribution >= 4 is 11.8 Å². The minimum atomic E-state index is -1.14. The lowest BCUT2D eigenvalue weighted by atomic mass is 9.85. The summed E-state index contributed by atoms with van der Waals surface area (Å²) in [4.78, 5) is 22.5. The summed E-state index contributed by atoms with van der Waals surface area (Å²) < 4.78 is 5.00. The molecule has 1 aromatic heterocycles. The van der Waals surface area contributed by atoms with Crippen molar-refractivity contribution in [1.82, 2.24) is 0 Å². The summed E-state index contributed by atoms with van der Waals surface area (Å²) in [6.45, 7) is 0. The molecule has 0 saturated heterocycles. The molecule has 17 heavy (non-hydrogen) atoms. The van der Waals surface area contributed by atoms with Crippen molar-refractivity contribution in [3.63, 3.8) is 0 Å². The molecule has 4 heteroatoms. The fourth-order valence-electron chi connectivity index (χ4n) is 2.36. The van der Waals surface area contributed by atoms with Crippen molar-refractivity contribution in [1.29, 1.82) is 0 Å². The van der Waals surface area contributed by atoms with Gasteiger partial charge in [-0.15, -0.1) is 0 Å². The number of hydrogen-bond acceptors (Lipinski definition) is 3. The van der Waals surface area contributed by atoms with Gasteiger partial charge in [-0.05, 0) is 18.1 Å². The van der Waals surface area contributed by atoms with Gasteiger partial charge in [-0.3, -0.25) is 4.79 Å². The maximum atomic E-state index is 11.9. The van der Waals surface area contributed by atoms with E-state index in [4.69, 9.17) is 9.52 Å². The highest BCUT2D eigenvalue weighted by Gasteiger charge is 2.20. The molecule has 1 fully saturated rings. The van der Waals surface area contributed by atoms with Crippen LogP contribution in [0.3, 0.4) is 0 Å². The van der Waals surface area contributed by atoms with Crippen LogP contribution in [0.1, 0.15) is 59.6 Å². The van der Waals surface area contributed by atoms with Crippen LogP contribution in [0.25, 0.3) is 0 Å². The van der Waals surface area contributed by atoms with Crippen LogP contribution in [-0.4, -0.2) is 16.9 Å². The van der Waals surface area contributed by atoms with E-state index in [0.717, 1.165) is 12.8 Å². The number of carbonyl (C=O) groups excluding carboxylic acids is 1. The average Bonchev–Trinajstić information content (AvgIpc) is 2.79. The van der Waals surface area contributed by atoms with E-state index in [0.29, 0.717) is 12.3 Å². The lowest BCUT2D eigenvalue weighted by molar-refractivity contribution is 0.0659. The second-order valence-electron chi connectivity index (χ2n) is 4.60. The summed E-state index contributed by atoms with van der Waals surface area (Å²) >= 11 is 0. The van der Waals surface area contributed by atoms with Crippen molar-refractivity contribution in [2.24, 2.45) is 5.92 Å². The quantitative estimate of drug-likeness (QED) is 0.815. The lowest BCUT2D eigenvalue weighted by Gasteiger charge is -2.20. The standard InChI is InChI=1S/C13H16O4/c14-10(8-9-4-2-1-3-5-9)11-6-7-12(17-11)13(15)16/h6-7,9H,1-5,8H2,(H,15,16). The molecule has 4 nitrogen and oxygen atoms in total. The number of aromatic carboxylic acids is 1. The number of rotatable bonds is 4. The van der Waals surface area contributed by atoms with Gasteiger partial charge in [-0.1, -0.05) is 32.1 Å². The predicted molar refractivity (Wildman–Crippen MR) is 61.2 cm³/mol. The molecule has 0 amide bonds. The highest BCUT2D eigenvalue weighted by Crippen LogP contribution is 2.27. The molecular formula is C13H16O4. The van der Waals surface area contributed by atoms with Crippen LogP contribution in [0.15, 0.2) is 16.5 Å². The largest absolute Gasteiger partial charge is 0.475 e. The highest BCUT2D eigenvalue weighted by molar-refractivity contribution is 5.95. The maximum Gasteiger partial charge on any atom is 0.371 e. The normalized spacial score (nSPS) is 16.9. The number of Topliss-reactive ketones (excluding diaryl/α,β-unsaturated/α-hetero) is 1. The minimum absolute atomic E-state index is 0.0793. The molecule has 0 bridgehead atoms. The first kappa shape index (κ1) is 11.9. The Balaban J connectivity index is 1.96. The monoisotopic (exact) mass is 236 g/mol. The van der Waals surface area contributed by atoms with E-state index >= 15 is 0 Å². The Morgan fingerprint density at radius 3 is 2.41 bits per heavy atom. The van der Waals surface area contributed by atoms with Gasteiger partial charge in [0, 0.05) is 6.42 Å². The molecule has 0 radical (unpaired) electrons. The van der Waals surface area contributed by atoms with E-state index in [1.54, 1.807) is 0 Å². The molecule has 1 aliphatic rings. The SMILES string of the molecule is O=C(O)c1ccc(C(=O)CC2CCCCC2)o1. The summed E-state index contributed by atoms with van der Waals surface area (Å²) in [6, 6.07) is 2.78. The first-order valence-corrected chi connectivity index (χ1v) is 6.03. The predicted octanol–water partition coefficient (Wildman–Crippen LogP) is 3.13. The van der Waals surface area contributed by atoms with Crippen molar-refractivity contribution < 1.29 is 19.1 Å². The molecule has 0 spiro atoms. The number of carbonyl (C=O) groups is 2. The van der Waals surface area contributed by atoms with E-state index in [1.165, 1.54) is 31.4 Å². The Morgan fingerprint density at radius 1 is 1.18 bits per heavy atom. The van der Waals surface area contributed by atoms with Crippen LogP contribution in [0.4, 0.5) is 0 Å². The summed E-state index contributed by atoms with van der Waals surface area (Å²) in [5.74, 6) is -0.772. The van der Waals surface area contributed by atoms with Gasteiger partial charge in [0.25, 0.3) is 0 Å². The van der Waals surface area contributed by atoms with Crippen molar-refractivity contribution in [3.8, 4) is 0 Å². The summed E-state index contributed by atoms with van der Waals surface area (Å²) in [5.41, 5.74) is 0. The van der Waals surface area contributed by atoms with E-state index in [2.05, 4.69) is 0 Å². The van der Waals surface area contributed by atoms with Crippen LogP contribution in [0.2, 0.25) is 0 Å². The second kappa shape index (κ2) is 5.17. The highest BCUT2D eigenvalue weighted by atomic mass is 16.4. The molecular weight excluding hydrogens is 220 g/mol. The van der Waals surface area contributed by atoms with E-state index in [9.17, 15) is 9.59 Å². The molecule has 92 valence electrons. The Morgan fingerprint density at radius 2 is 1.82 bits per heavy atom. The maximum absolute atomic E-state index is 11.9. The number of carboxylic acid groups (broad SMARTS) is 1. The molecule has 1 aromatic rings. The number of ketones is 1. The Labute approximate surface area is 99.6 Å². The third-order valence-electron chi connectivity index (χ3n) is 3.29. The molecule has 0 atom stereocenters. The number of furan rings is 1. The molecule has 1 N–H and O–H groups in total. The van der Waals surface area contributed by atoms with Crippen LogP contribution < -0.4 is 0 Å². The number of carboxylic acids is 1. The second-order valence-corrected chi connectivity index (χ2v) is 4.60. The van der Waals surface area contributed by atoms with E-state index < -0.39 is 5.97 Å². The van der Waals surface area contributed by atoms with Gasteiger partial charge in [-0.25, -0.2) is 4.79 Å². The van der Waals surface area contributed by atoms with Crippen LogP contribution >= 0.6 is 0 Å². The molecule has 2 rings (SSSR count). The van der Waals surface area contributed by atoms with Crippen molar-refractivity contribution in [2.75, 3.05) is 0 Å². The van der Waals surface area contributed by atoms with Crippen LogP contribution in [0, 0.1) is 5.92 Å². The minimum Gasteiger partial charge on any atom is -0.475 e. The first-order chi connectivity index (χ1) is 8.16. The van der Waals surface area contributed by atoms with E-state index in [1.807, 2.05) is 0 Å². The van der Waals surface area contributed by atoms with Crippen LogP contribution in [0.5, 0.6) is 0 Å². The van der Waals surface area contributed by atoms with Crippen molar-refractivity contribution in [3.05, 3.63) is 23.7 Å². The molecule has 0 aromatic carbocycles. The van der Waals surface area contributed by atoms with Gasteiger partial charge in [-0.2, -0.15) is 0 Å². The Hall–Kier alpha value is -1.58. The zero-order valence-corrected chi connectivity index (χ0v) is 9.65. The summed E-state index contributed by atoms with van der Waals surface area (Å²) in [5, 5.41) is 8.70. The molecule has 1 aliphatic carbocycles. The number of hydrogen-bond donors (Lipinski definition) is 1. The zero-order valence-electron chi connectivity index (χ0n) is 9.65. The van der Waals surface area contributed by atoms with Gasteiger partial charge >= 0.3 is 5.97 Å². The lowest BCUT2D eigenvalue weighted by Crippen LogP contribution is -2.11. The zero-order chi connectivity index (χ0) is 12.3. The smallest absolute Gasteiger partial charge is 0.371 e. The van der Waals surface area contributed by atoms with Gasteiger partial charge in [0.1, 0.15) is 0 Å². The molecule has 0 unspecified atom stereocenters. The summed E-state index contributed by atoms with van der Waals surface area (Å²) in [7, 11) is 0.